The Balaban J connectivity index is 1.39. The summed E-state index contributed by atoms with van der Waals surface area (Å²) in [4.78, 5) is 0. The fraction of sp³-hybridized carbons (Fsp3) is 0. The molecule has 8 aromatic rings. The summed E-state index contributed by atoms with van der Waals surface area (Å²) in [6.45, 7) is 0. The van der Waals surface area contributed by atoms with Crippen LogP contribution in [0.5, 0.6) is 11.5 Å². The van der Waals surface area contributed by atoms with Crippen LogP contribution in [0.25, 0.3) is 65.0 Å². The summed E-state index contributed by atoms with van der Waals surface area (Å²) in [6, 6.07) is 47.6. The largest absolute Gasteiger partial charge is 0.456 e. The van der Waals surface area contributed by atoms with Crippen molar-refractivity contribution in [2.45, 2.75) is 0 Å². The number of benzene rings is 8. The van der Waals surface area contributed by atoms with E-state index in [0.29, 0.717) is 0 Å². The Morgan fingerprint density at radius 1 is 0.297 bits per heavy atom. The Kier molecular flexibility index (Phi) is 4.29. The predicted octanol–water partition coefficient (Wildman–Crippen LogP) is 10.3. The van der Waals surface area contributed by atoms with Gasteiger partial charge in [-0.05, 0) is 67.0 Å². The Morgan fingerprint density at radius 3 is 1.68 bits per heavy atom. The molecular formula is C36H22O. The topological polar surface area (TPSA) is 9.23 Å². The third-order valence-electron chi connectivity index (χ3n) is 7.67. The zero-order valence-electron chi connectivity index (χ0n) is 20.1. The maximum atomic E-state index is 6.62. The molecule has 1 nitrogen and oxygen atoms in total. The number of rotatable bonds is 3. The Labute approximate surface area is 214 Å². The van der Waals surface area contributed by atoms with Gasteiger partial charge in [-0.3, -0.25) is 0 Å². The van der Waals surface area contributed by atoms with Gasteiger partial charge in [0.1, 0.15) is 11.5 Å². The average Bonchev–Trinajstić information content (AvgIpc) is 2.96. The van der Waals surface area contributed by atoms with Crippen LogP contribution in [0.2, 0.25) is 0 Å². The molecule has 0 aliphatic heterocycles. The minimum Gasteiger partial charge on any atom is -0.456 e. The molecule has 0 amide bonds. The zero-order chi connectivity index (χ0) is 24.3. The molecule has 0 spiro atoms. The lowest BCUT2D eigenvalue weighted by Gasteiger charge is -2.17. The second-order valence-electron chi connectivity index (χ2n) is 9.71. The van der Waals surface area contributed by atoms with Gasteiger partial charge in [-0.1, -0.05) is 115 Å². The van der Waals surface area contributed by atoms with Crippen LogP contribution in [-0.2, 0) is 0 Å². The van der Waals surface area contributed by atoms with Crippen molar-refractivity contribution in [2.75, 3.05) is 0 Å². The molecule has 0 heterocycles. The summed E-state index contributed by atoms with van der Waals surface area (Å²) in [5, 5.41) is 12.3. The Bertz CT molecular complexity index is 2110. The molecule has 172 valence electrons. The SMILES string of the molecule is c1ccc2c(Oc3ccc4ccc5c(-c6cccc7ccccc67)ccc6ccc3c4c65)cccc2c1. The van der Waals surface area contributed by atoms with Gasteiger partial charge < -0.3 is 4.74 Å². The Morgan fingerprint density at radius 2 is 0.838 bits per heavy atom. The molecular weight excluding hydrogens is 448 g/mol. The van der Waals surface area contributed by atoms with Crippen LogP contribution < -0.4 is 4.74 Å². The molecule has 0 saturated carbocycles. The van der Waals surface area contributed by atoms with E-state index in [1.54, 1.807) is 0 Å². The first-order valence-electron chi connectivity index (χ1n) is 12.7. The highest BCUT2D eigenvalue weighted by Crippen LogP contribution is 2.44. The molecule has 0 aromatic heterocycles. The van der Waals surface area contributed by atoms with Crippen LogP contribution in [0.3, 0.4) is 0 Å². The quantitative estimate of drug-likeness (QED) is 0.233. The van der Waals surface area contributed by atoms with Crippen molar-refractivity contribution in [3.8, 4) is 22.6 Å². The highest BCUT2D eigenvalue weighted by molar-refractivity contribution is 6.27. The lowest BCUT2D eigenvalue weighted by Crippen LogP contribution is -1.91. The van der Waals surface area contributed by atoms with Crippen molar-refractivity contribution in [2.24, 2.45) is 0 Å². The number of hydrogen-bond acceptors (Lipinski definition) is 1. The lowest BCUT2D eigenvalue weighted by atomic mass is 9.88. The van der Waals surface area contributed by atoms with E-state index >= 15 is 0 Å². The summed E-state index contributed by atoms with van der Waals surface area (Å²) in [5.74, 6) is 1.76. The summed E-state index contributed by atoms with van der Waals surface area (Å²) in [7, 11) is 0. The highest BCUT2D eigenvalue weighted by atomic mass is 16.5. The molecule has 37 heavy (non-hydrogen) atoms. The molecule has 0 saturated heterocycles. The van der Waals surface area contributed by atoms with Crippen LogP contribution in [0.15, 0.2) is 133 Å². The van der Waals surface area contributed by atoms with Crippen molar-refractivity contribution in [1.29, 1.82) is 0 Å². The summed E-state index contributed by atoms with van der Waals surface area (Å²) in [5.41, 5.74) is 2.53. The maximum absolute atomic E-state index is 6.62. The van der Waals surface area contributed by atoms with Crippen LogP contribution in [-0.4, -0.2) is 0 Å². The molecule has 0 atom stereocenters. The predicted molar refractivity (Wildman–Crippen MR) is 157 cm³/mol. The van der Waals surface area contributed by atoms with Crippen LogP contribution in [0, 0.1) is 0 Å². The van der Waals surface area contributed by atoms with Gasteiger partial charge in [0.15, 0.2) is 0 Å². The Hall–Kier alpha value is -4.88. The van der Waals surface area contributed by atoms with Crippen LogP contribution in [0.4, 0.5) is 0 Å². The van der Waals surface area contributed by atoms with E-state index < -0.39 is 0 Å². The van der Waals surface area contributed by atoms with Gasteiger partial charge in [0, 0.05) is 16.2 Å². The van der Waals surface area contributed by atoms with Crippen molar-refractivity contribution < 1.29 is 4.74 Å². The van der Waals surface area contributed by atoms with E-state index in [1.807, 2.05) is 0 Å². The monoisotopic (exact) mass is 470 g/mol. The molecule has 0 N–H and O–H groups in total. The molecule has 1 heteroatoms. The van der Waals surface area contributed by atoms with Gasteiger partial charge in [0.05, 0.1) is 0 Å². The smallest absolute Gasteiger partial charge is 0.135 e. The molecule has 8 rings (SSSR count). The van der Waals surface area contributed by atoms with Crippen molar-refractivity contribution in [3.63, 3.8) is 0 Å². The van der Waals surface area contributed by atoms with E-state index in [9.17, 15) is 0 Å². The lowest BCUT2D eigenvalue weighted by molar-refractivity contribution is 0.494. The van der Waals surface area contributed by atoms with Gasteiger partial charge in [-0.15, -0.1) is 0 Å². The molecule has 0 aliphatic rings. The van der Waals surface area contributed by atoms with Crippen molar-refractivity contribution >= 4 is 53.9 Å². The van der Waals surface area contributed by atoms with Gasteiger partial charge in [0.25, 0.3) is 0 Å². The zero-order valence-corrected chi connectivity index (χ0v) is 20.1. The van der Waals surface area contributed by atoms with E-state index in [4.69, 9.17) is 4.74 Å². The molecule has 0 bridgehead atoms. The minimum atomic E-state index is 0.879. The fourth-order valence-electron chi connectivity index (χ4n) is 5.96. The standard InChI is InChI=1S/C36H22O/c1-3-11-27-23(7-1)9-5-13-29(27)30-19-15-25-17-21-32-34(22-18-26-16-20-31(30)35(25)36(26)32)37-33-14-6-10-24-8-2-4-12-28(24)33/h1-22H. The summed E-state index contributed by atoms with van der Waals surface area (Å²) < 4.78 is 6.62. The molecule has 0 aliphatic carbocycles. The average molecular weight is 471 g/mol. The van der Waals surface area contributed by atoms with Crippen molar-refractivity contribution in [1.82, 2.24) is 0 Å². The third-order valence-corrected chi connectivity index (χ3v) is 7.67. The van der Waals surface area contributed by atoms with Gasteiger partial charge in [-0.25, -0.2) is 0 Å². The summed E-state index contributed by atoms with van der Waals surface area (Å²) in [6.07, 6.45) is 0. The first kappa shape index (κ1) is 20.3. The number of ether oxygens (including phenoxy) is 1. The minimum absolute atomic E-state index is 0.879. The summed E-state index contributed by atoms with van der Waals surface area (Å²) >= 11 is 0. The van der Waals surface area contributed by atoms with Crippen LogP contribution >= 0.6 is 0 Å². The molecule has 8 aromatic carbocycles. The first-order valence-corrected chi connectivity index (χ1v) is 12.7. The fourth-order valence-corrected chi connectivity index (χ4v) is 5.96. The van der Waals surface area contributed by atoms with Gasteiger partial charge in [0.2, 0.25) is 0 Å². The first-order chi connectivity index (χ1) is 18.3. The third kappa shape index (κ3) is 3.04. The highest BCUT2D eigenvalue weighted by Gasteiger charge is 2.16. The second-order valence-corrected chi connectivity index (χ2v) is 9.71. The van der Waals surface area contributed by atoms with Gasteiger partial charge in [-0.2, -0.15) is 0 Å². The number of fused-ring (bicyclic) bond motifs is 2. The van der Waals surface area contributed by atoms with Gasteiger partial charge >= 0.3 is 0 Å². The normalized spacial score (nSPS) is 11.8. The van der Waals surface area contributed by atoms with Crippen molar-refractivity contribution in [3.05, 3.63) is 133 Å². The van der Waals surface area contributed by atoms with E-state index in [1.165, 1.54) is 54.2 Å². The maximum Gasteiger partial charge on any atom is 0.135 e. The second kappa shape index (κ2) is 7.81. The van der Waals surface area contributed by atoms with E-state index in [0.717, 1.165) is 22.3 Å². The van der Waals surface area contributed by atoms with E-state index in [-0.39, 0.29) is 0 Å². The molecule has 0 unspecified atom stereocenters. The molecule has 0 radical (unpaired) electrons. The van der Waals surface area contributed by atoms with E-state index in [2.05, 4.69) is 133 Å². The molecule has 0 fully saturated rings. The number of hydrogen-bond donors (Lipinski definition) is 0. The van der Waals surface area contributed by atoms with Crippen LogP contribution in [0.1, 0.15) is 0 Å².